The van der Waals surface area contributed by atoms with Gasteiger partial charge in [-0.25, -0.2) is 0 Å². The van der Waals surface area contributed by atoms with Crippen LogP contribution in [0.4, 0.5) is 0 Å². The highest BCUT2D eigenvalue weighted by atomic mass is 16.7. The topological polar surface area (TPSA) is 38.8 Å². The van der Waals surface area contributed by atoms with Crippen LogP contribution in [0.5, 0.6) is 0 Å². The third kappa shape index (κ3) is 1.76. The second-order valence-corrected chi connectivity index (χ2v) is 5.81. The molecule has 2 heterocycles. The van der Waals surface area contributed by atoms with E-state index in [0.717, 1.165) is 13.1 Å². The van der Waals surface area contributed by atoms with Crippen LogP contribution in [0.1, 0.15) is 34.6 Å². The average molecular weight is 225 g/mol. The average Bonchev–Trinajstić information content (AvgIpc) is 2.15. The van der Waals surface area contributed by atoms with Crippen molar-refractivity contribution in [1.29, 1.82) is 0 Å². The molecule has 0 unspecified atom stereocenters. The molecule has 0 radical (unpaired) electrons. The lowest BCUT2D eigenvalue weighted by Gasteiger charge is -2.39. The highest BCUT2D eigenvalue weighted by Crippen LogP contribution is 2.42. The minimum absolute atomic E-state index is 0.132. The second-order valence-electron chi connectivity index (χ2n) is 5.81. The minimum atomic E-state index is -0.270. The number of carbonyl (C=O) groups is 1. The van der Waals surface area contributed by atoms with Crippen molar-refractivity contribution in [1.82, 2.24) is 4.90 Å². The molecule has 4 nitrogen and oxygen atoms in total. The van der Waals surface area contributed by atoms with Crippen LogP contribution < -0.4 is 0 Å². The molecule has 16 heavy (non-hydrogen) atoms. The molecule has 2 rings (SSSR count). The summed E-state index contributed by atoms with van der Waals surface area (Å²) in [6, 6.07) is 0. The molecule has 2 aliphatic heterocycles. The molecule has 0 aromatic carbocycles. The number of rotatable bonds is 1. The Bertz CT molecular complexity index is 294. The normalized spacial score (nSPS) is 28.1. The molecule has 0 N–H and O–H groups in total. The smallest absolute Gasteiger partial charge is 0.403 e. The van der Waals surface area contributed by atoms with Gasteiger partial charge in [-0.15, -0.1) is 0 Å². The fraction of sp³-hybridized carbons (Fsp3) is 0.909. The van der Waals surface area contributed by atoms with Gasteiger partial charge in [0.15, 0.2) is 0 Å². The Morgan fingerprint density at radius 2 is 1.62 bits per heavy atom. The van der Waals surface area contributed by atoms with Gasteiger partial charge in [-0.05, 0) is 27.7 Å². The van der Waals surface area contributed by atoms with Gasteiger partial charge in [0.2, 0.25) is 5.91 Å². The maximum absolute atomic E-state index is 11.1. The van der Waals surface area contributed by atoms with E-state index in [1.807, 2.05) is 4.90 Å². The zero-order valence-corrected chi connectivity index (χ0v) is 10.7. The maximum atomic E-state index is 11.1. The predicted octanol–water partition coefficient (Wildman–Crippen LogP) is 1.31. The van der Waals surface area contributed by atoms with E-state index in [0.29, 0.717) is 5.82 Å². The molecule has 0 saturated carbocycles. The van der Waals surface area contributed by atoms with E-state index in [1.165, 1.54) is 0 Å². The predicted molar refractivity (Wildman–Crippen MR) is 62.1 cm³/mol. The van der Waals surface area contributed by atoms with Gasteiger partial charge in [0.25, 0.3) is 0 Å². The van der Waals surface area contributed by atoms with E-state index in [1.54, 1.807) is 6.92 Å². The summed E-state index contributed by atoms with van der Waals surface area (Å²) < 4.78 is 11.9. The summed E-state index contributed by atoms with van der Waals surface area (Å²) in [5.41, 5.74) is -0.539. The Balaban J connectivity index is 1.94. The highest BCUT2D eigenvalue weighted by molar-refractivity contribution is 6.48. The van der Waals surface area contributed by atoms with Crippen LogP contribution in [0, 0.1) is 0 Å². The highest BCUT2D eigenvalue weighted by Gasteiger charge is 2.56. The Morgan fingerprint density at radius 3 is 2.00 bits per heavy atom. The van der Waals surface area contributed by atoms with Crippen molar-refractivity contribution in [3.63, 3.8) is 0 Å². The first-order valence-corrected chi connectivity index (χ1v) is 5.84. The molecule has 2 saturated heterocycles. The second kappa shape index (κ2) is 3.47. The Hall–Kier alpha value is -0.545. The lowest BCUT2D eigenvalue weighted by molar-refractivity contribution is -0.132. The van der Waals surface area contributed by atoms with Gasteiger partial charge >= 0.3 is 7.12 Å². The van der Waals surface area contributed by atoms with Crippen molar-refractivity contribution in [3.05, 3.63) is 0 Å². The van der Waals surface area contributed by atoms with Crippen LogP contribution in [0.2, 0.25) is 5.82 Å². The Labute approximate surface area is 97.4 Å². The van der Waals surface area contributed by atoms with Crippen molar-refractivity contribution in [2.45, 2.75) is 51.6 Å². The first kappa shape index (κ1) is 11.9. The van der Waals surface area contributed by atoms with Crippen LogP contribution >= 0.6 is 0 Å². The third-order valence-electron chi connectivity index (χ3n) is 4.01. The third-order valence-corrected chi connectivity index (χ3v) is 4.01. The molecule has 5 heteroatoms. The zero-order valence-electron chi connectivity index (χ0n) is 10.7. The van der Waals surface area contributed by atoms with Crippen LogP contribution in [0.25, 0.3) is 0 Å². The number of hydrogen-bond acceptors (Lipinski definition) is 3. The van der Waals surface area contributed by atoms with E-state index in [-0.39, 0.29) is 24.2 Å². The van der Waals surface area contributed by atoms with Gasteiger partial charge < -0.3 is 14.2 Å². The first-order chi connectivity index (χ1) is 7.23. The molecule has 2 fully saturated rings. The van der Waals surface area contributed by atoms with Gasteiger partial charge in [-0.1, -0.05) is 0 Å². The van der Waals surface area contributed by atoms with Gasteiger partial charge in [-0.3, -0.25) is 4.79 Å². The number of carbonyl (C=O) groups excluding carboxylic acids is 1. The van der Waals surface area contributed by atoms with Gasteiger partial charge in [-0.2, -0.15) is 0 Å². The van der Waals surface area contributed by atoms with Crippen molar-refractivity contribution in [3.8, 4) is 0 Å². The van der Waals surface area contributed by atoms with Crippen molar-refractivity contribution < 1.29 is 14.1 Å². The SMILES string of the molecule is CC(=O)N1CC(B2OC(C)(C)C(C)(C)O2)C1. The number of hydrogen-bond donors (Lipinski definition) is 0. The summed E-state index contributed by atoms with van der Waals surface area (Å²) >= 11 is 0. The molecule has 0 bridgehead atoms. The lowest BCUT2D eigenvalue weighted by Crippen LogP contribution is -2.52. The molecule has 0 aromatic rings. The van der Waals surface area contributed by atoms with Crippen molar-refractivity contribution >= 4 is 13.0 Å². The first-order valence-electron chi connectivity index (χ1n) is 5.84. The molecule has 0 atom stereocenters. The molecule has 2 aliphatic rings. The van der Waals surface area contributed by atoms with E-state index in [4.69, 9.17) is 9.31 Å². The fourth-order valence-electron chi connectivity index (χ4n) is 2.02. The standard InChI is InChI=1S/C11H20BNO3/c1-8(14)13-6-9(7-13)12-15-10(2,3)11(4,5)16-12/h9H,6-7H2,1-5H3. The van der Waals surface area contributed by atoms with Crippen molar-refractivity contribution in [2.24, 2.45) is 0 Å². The molecule has 0 spiro atoms. The number of likely N-dealkylation sites (tertiary alicyclic amines) is 1. The Morgan fingerprint density at radius 1 is 1.19 bits per heavy atom. The molecule has 1 amide bonds. The number of nitrogens with zero attached hydrogens (tertiary/aromatic N) is 1. The van der Waals surface area contributed by atoms with Crippen molar-refractivity contribution in [2.75, 3.05) is 13.1 Å². The van der Waals surface area contributed by atoms with E-state index in [9.17, 15) is 4.79 Å². The summed E-state index contributed by atoms with van der Waals surface area (Å²) in [7, 11) is -0.166. The quantitative estimate of drug-likeness (QED) is 0.631. The van der Waals surface area contributed by atoms with Crippen LogP contribution in [-0.4, -0.2) is 42.2 Å². The van der Waals surface area contributed by atoms with Gasteiger partial charge in [0, 0.05) is 25.8 Å². The van der Waals surface area contributed by atoms with E-state index < -0.39 is 0 Å². The van der Waals surface area contributed by atoms with Crippen LogP contribution in [-0.2, 0) is 14.1 Å². The monoisotopic (exact) mass is 225 g/mol. The Kier molecular flexibility index (Phi) is 2.59. The van der Waals surface area contributed by atoms with E-state index in [2.05, 4.69) is 27.7 Å². The molecular formula is C11H20BNO3. The van der Waals surface area contributed by atoms with Gasteiger partial charge in [0.1, 0.15) is 0 Å². The summed E-state index contributed by atoms with van der Waals surface area (Å²) in [5.74, 6) is 0.456. The molecule has 90 valence electrons. The minimum Gasteiger partial charge on any atom is -0.403 e. The summed E-state index contributed by atoms with van der Waals surface area (Å²) in [5, 5.41) is 0. The van der Waals surface area contributed by atoms with E-state index >= 15 is 0 Å². The summed E-state index contributed by atoms with van der Waals surface area (Å²) in [4.78, 5) is 12.9. The largest absolute Gasteiger partial charge is 0.464 e. The molecule has 0 aliphatic carbocycles. The summed E-state index contributed by atoms with van der Waals surface area (Å²) in [6.07, 6.45) is 0. The maximum Gasteiger partial charge on any atom is 0.464 e. The lowest BCUT2D eigenvalue weighted by atomic mass is 9.67. The zero-order chi connectivity index (χ0) is 12.1. The molecular weight excluding hydrogens is 205 g/mol. The number of amides is 1. The van der Waals surface area contributed by atoms with Crippen LogP contribution in [0.15, 0.2) is 0 Å². The fourth-order valence-corrected chi connectivity index (χ4v) is 2.02. The molecule has 0 aromatic heterocycles. The van der Waals surface area contributed by atoms with Crippen LogP contribution in [0.3, 0.4) is 0 Å². The summed E-state index contributed by atoms with van der Waals surface area (Å²) in [6.45, 7) is 11.3. The van der Waals surface area contributed by atoms with Gasteiger partial charge in [0.05, 0.1) is 11.2 Å².